The molecular weight excluding hydrogens is 280 g/mol. The molecule has 0 aliphatic carbocycles. The van der Waals surface area contributed by atoms with Crippen molar-refractivity contribution in [3.63, 3.8) is 0 Å². The number of nitrogens with one attached hydrogen (secondary N) is 1. The van der Waals surface area contributed by atoms with Gasteiger partial charge in [0, 0.05) is 12.1 Å². The number of carbonyl (C=O) groups is 1. The van der Waals surface area contributed by atoms with E-state index >= 15 is 0 Å². The Kier molecular flexibility index (Phi) is 3.33. The van der Waals surface area contributed by atoms with Gasteiger partial charge in [-0.05, 0) is 44.8 Å². The van der Waals surface area contributed by atoms with E-state index in [0.29, 0.717) is 24.0 Å². The molecular formula is C16H20N4O2. The molecule has 6 nitrogen and oxygen atoms in total. The van der Waals surface area contributed by atoms with Crippen LogP contribution in [0, 0.1) is 5.92 Å². The molecule has 0 aromatic carbocycles. The van der Waals surface area contributed by atoms with Crippen LogP contribution in [0.2, 0.25) is 0 Å². The van der Waals surface area contributed by atoms with Crippen LogP contribution in [0.5, 0.6) is 0 Å². The van der Waals surface area contributed by atoms with Gasteiger partial charge >= 0.3 is 0 Å². The molecule has 116 valence electrons. The summed E-state index contributed by atoms with van der Waals surface area (Å²) in [6.45, 7) is 4.56. The Bertz CT molecular complexity index is 688. The summed E-state index contributed by atoms with van der Waals surface area (Å²) in [6, 6.07) is 2.52. The minimum Gasteiger partial charge on any atom is -0.442 e. The first-order chi connectivity index (χ1) is 10.7. The maximum Gasteiger partial charge on any atom is 0.226 e. The molecule has 3 aliphatic rings. The summed E-state index contributed by atoms with van der Waals surface area (Å²) in [5.74, 6) is 0.663. The van der Waals surface area contributed by atoms with Crippen molar-refractivity contribution in [3.05, 3.63) is 24.4 Å². The van der Waals surface area contributed by atoms with E-state index in [1.54, 1.807) is 6.20 Å². The fourth-order valence-corrected chi connectivity index (χ4v) is 3.85. The molecule has 2 aromatic rings. The molecule has 0 radical (unpaired) electrons. The second-order valence-corrected chi connectivity index (χ2v) is 6.38. The van der Waals surface area contributed by atoms with Gasteiger partial charge in [-0.2, -0.15) is 0 Å². The summed E-state index contributed by atoms with van der Waals surface area (Å²) in [5.41, 5.74) is 2.12. The monoisotopic (exact) mass is 300 g/mol. The molecule has 3 saturated heterocycles. The maximum atomic E-state index is 12.4. The van der Waals surface area contributed by atoms with Gasteiger partial charge in [-0.3, -0.25) is 14.7 Å². The first-order valence-electron chi connectivity index (χ1n) is 7.92. The predicted octanol–water partition coefficient (Wildman–Crippen LogP) is 1.36. The largest absolute Gasteiger partial charge is 0.442 e. The molecule has 2 bridgehead atoms. The molecule has 6 heteroatoms. The fourth-order valence-electron chi connectivity index (χ4n) is 3.85. The van der Waals surface area contributed by atoms with E-state index in [1.807, 2.05) is 6.07 Å². The number of nitrogens with zero attached hydrogens (tertiary/aromatic N) is 3. The van der Waals surface area contributed by atoms with E-state index in [1.165, 1.54) is 32.3 Å². The molecule has 3 aliphatic heterocycles. The van der Waals surface area contributed by atoms with Gasteiger partial charge in [-0.25, -0.2) is 4.98 Å². The molecule has 2 aromatic heterocycles. The number of amides is 1. The third kappa shape index (κ3) is 2.37. The number of carbonyl (C=O) groups excluding carboxylic acids is 1. The molecule has 1 amide bonds. The van der Waals surface area contributed by atoms with Crippen LogP contribution in [0.15, 0.2) is 23.1 Å². The first kappa shape index (κ1) is 13.7. The van der Waals surface area contributed by atoms with Gasteiger partial charge in [0.25, 0.3) is 0 Å². The predicted molar refractivity (Wildman–Crippen MR) is 81.2 cm³/mol. The van der Waals surface area contributed by atoms with Gasteiger partial charge in [-0.15, -0.1) is 0 Å². The SMILES string of the molecule is C[C@@H]1[C@H](NC(=O)Cc2cc3ncoc3cn2)C2CCN1CC2. The van der Waals surface area contributed by atoms with Crippen molar-refractivity contribution in [3.8, 4) is 0 Å². The minimum absolute atomic E-state index is 0.0425. The van der Waals surface area contributed by atoms with Crippen molar-refractivity contribution >= 4 is 17.0 Å². The smallest absolute Gasteiger partial charge is 0.226 e. The second-order valence-electron chi connectivity index (χ2n) is 6.38. The summed E-state index contributed by atoms with van der Waals surface area (Å²) >= 11 is 0. The summed E-state index contributed by atoms with van der Waals surface area (Å²) in [7, 11) is 0. The van der Waals surface area contributed by atoms with E-state index in [0.717, 1.165) is 11.2 Å². The van der Waals surface area contributed by atoms with Gasteiger partial charge in [0.1, 0.15) is 5.52 Å². The maximum absolute atomic E-state index is 12.4. The average molecular weight is 300 g/mol. The van der Waals surface area contributed by atoms with Crippen LogP contribution >= 0.6 is 0 Å². The highest BCUT2D eigenvalue weighted by Gasteiger charge is 2.40. The van der Waals surface area contributed by atoms with E-state index in [9.17, 15) is 4.79 Å². The lowest BCUT2D eigenvalue weighted by Gasteiger charge is -2.49. The van der Waals surface area contributed by atoms with Crippen LogP contribution in [-0.2, 0) is 11.2 Å². The summed E-state index contributed by atoms with van der Waals surface area (Å²) in [4.78, 5) is 23.2. The Morgan fingerprint density at radius 2 is 2.23 bits per heavy atom. The highest BCUT2D eigenvalue weighted by atomic mass is 16.3. The molecule has 2 atom stereocenters. The molecule has 5 heterocycles. The quantitative estimate of drug-likeness (QED) is 0.927. The number of hydrogen-bond donors (Lipinski definition) is 1. The summed E-state index contributed by atoms with van der Waals surface area (Å²) in [6.07, 6.45) is 5.70. The van der Waals surface area contributed by atoms with Gasteiger partial charge in [0.2, 0.25) is 5.91 Å². The summed E-state index contributed by atoms with van der Waals surface area (Å²) in [5, 5.41) is 3.23. The zero-order valence-electron chi connectivity index (χ0n) is 12.7. The van der Waals surface area contributed by atoms with Crippen molar-refractivity contribution in [1.29, 1.82) is 0 Å². The van der Waals surface area contributed by atoms with Gasteiger partial charge in [-0.1, -0.05) is 0 Å². The standard InChI is InChI=1S/C16H20N4O2/c1-10-16(11-2-4-20(10)5-3-11)19-15(21)7-12-6-13-14(8-17-12)22-9-18-13/h6,8-11,16H,2-5,7H2,1H3,(H,19,21)/t10-,16+/m1/s1. The first-order valence-corrected chi connectivity index (χ1v) is 7.92. The normalized spacial score (nSPS) is 30.6. The van der Waals surface area contributed by atoms with Crippen molar-refractivity contribution in [2.24, 2.45) is 5.92 Å². The molecule has 0 unspecified atom stereocenters. The number of pyridine rings is 1. The van der Waals surface area contributed by atoms with Crippen molar-refractivity contribution in [1.82, 2.24) is 20.2 Å². The number of piperidine rings is 3. The van der Waals surface area contributed by atoms with Crippen LogP contribution in [0.3, 0.4) is 0 Å². The molecule has 3 fully saturated rings. The van der Waals surface area contributed by atoms with Gasteiger partial charge in [0.05, 0.1) is 18.3 Å². The molecule has 22 heavy (non-hydrogen) atoms. The Morgan fingerprint density at radius 1 is 1.41 bits per heavy atom. The Morgan fingerprint density at radius 3 is 3.00 bits per heavy atom. The molecule has 0 spiro atoms. The van der Waals surface area contributed by atoms with Crippen molar-refractivity contribution < 1.29 is 9.21 Å². The van der Waals surface area contributed by atoms with Gasteiger partial charge < -0.3 is 9.73 Å². The Labute approximate surface area is 128 Å². The summed E-state index contributed by atoms with van der Waals surface area (Å²) < 4.78 is 5.17. The lowest BCUT2D eigenvalue weighted by Crippen LogP contribution is -2.62. The van der Waals surface area contributed by atoms with Crippen LogP contribution in [0.25, 0.3) is 11.1 Å². The number of hydrogen-bond acceptors (Lipinski definition) is 5. The Balaban J connectivity index is 1.43. The highest BCUT2D eigenvalue weighted by Crippen LogP contribution is 2.32. The fraction of sp³-hybridized carbons (Fsp3) is 0.562. The minimum atomic E-state index is 0.0425. The van der Waals surface area contributed by atoms with E-state index < -0.39 is 0 Å². The zero-order chi connectivity index (χ0) is 15.1. The lowest BCUT2D eigenvalue weighted by molar-refractivity contribution is -0.123. The van der Waals surface area contributed by atoms with E-state index in [2.05, 4.69) is 27.1 Å². The second kappa shape index (κ2) is 5.35. The van der Waals surface area contributed by atoms with Crippen LogP contribution in [-0.4, -0.2) is 45.9 Å². The highest BCUT2D eigenvalue weighted by molar-refractivity contribution is 5.80. The van der Waals surface area contributed by atoms with E-state index in [-0.39, 0.29) is 11.9 Å². The molecule has 0 saturated carbocycles. The van der Waals surface area contributed by atoms with Gasteiger partial charge in [0.15, 0.2) is 12.0 Å². The van der Waals surface area contributed by atoms with Crippen molar-refractivity contribution in [2.45, 2.75) is 38.3 Å². The zero-order valence-corrected chi connectivity index (χ0v) is 12.7. The number of rotatable bonds is 3. The van der Waals surface area contributed by atoms with E-state index in [4.69, 9.17) is 4.42 Å². The van der Waals surface area contributed by atoms with Crippen LogP contribution < -0.4 is 5.32 Å². The average Bonchev–Trinajstić information content (AvgIpc) is 2.99. The Hall–Kier alpha value is -1.95. The number of aromatic nitrogens is 2. The number of oxazole rings is 1. The molecule has 5 rings (SSSR count). The third-order valence-electron chi connectivity index (χ3n) is 5.12. The van der Waals surface area contributed by atoms with Crippen molar-refractivity contribution in [2.75, 3.05) is 13.1 Å². The number of fused-ring (bicyclic) bond motifs is 4. The topological polar surface area (TPSA) is 71.3 Å². The van der Waals surface area contributed by atoms with Crippen LogP contribution in [0.4, 0.5) is 0 Å². The van der Waals surface area contributed by atoms with Crippen LogP contribution in [0.1, 0.15) is 25.5 Å². The molecule has 1 N–H and O–H groups in total. The third-order valence-corrected chi connectivity index (χ3v) is 5.12. The lowest BCUT2D eigenvalue weighted by atomic mass is 9.79.